The SMILES string of the molecule is Cc1c(C(=O)N(CC(=O)Nc2ccccc2)Cc2ccco2)sc2nc3n(c(=O)c12)CCCCC3. The first-order valence-electron chi connectivity index (χ1n) is 11.7. The van der Waals surface area contributed by atoms with Gasteiger partial charge in [0.05, 0.1) is 23.1 Å². The second kappa shape index (κ2) is 9.87. The summed E-state index contributed by atoms with van der Waals surface area (Å²) in [6.07, 6.45) is 5.32. The molecule has 35 heavy (non-hydrogen) atoms. The van der Waals surface area contributed by atoms with E-state index < -0.39 is 0 Å². The summed E-state index contributed by atoms with van der Waals surface area (Å²) in [5, 5.41) is 3.32. The van der Waals surface area contributed by atoms with E-state index >= 15 is 0 Å². The molecule has 4 aromatic rings. The van der Waals surface area contributed by atoms with Gasteiger partial charge in [0.2, 0.25) is 5.91 Å². The summed E-state index contributed by atoms with van der Waals surface area (Å²) in [7, 11) is 0. The molecule has 0 spiro atoms. The zero-order valence-electron chi connectivity index (χ0n) is 19.5. The number of benzene rings is 1. The van der Waals surface area contributed by atoms with Gasteiger partial charge in [-0.1, -0.05) is 24.6 Å². The third kappa shape index (κ3) is 4.77. The number of nitrogens with one attached hydrogen (secondary N) is 1. The molecule has 8 nitrogen and oxygen atoms in total. The van der Waals surface area contributed by atoms with Crippen LogP contribution >= 0.6 is 11.3 Å². The van der Waals surface area contributed by atoms with E-state index in [0.717, 1.165) is 31.5 Å². The van der Waals surface area contributed by atoms with Crippen molar-refractivity contribution in [1.82, 2.24) is 14.5 Å². The van der Waals surface area contributed by atoms with Crippen molar-refractivity contribution in [3.05, 3.63) is 81.1 Å². The molecule has 0 atom stereocenters. The lowest BCUT2D eigenvalue weighted by Gasteiger charge is -2.21. The molecule has 180 valence electrons. The minimum atomic E-state index is -0.329. The van der Waals surface area contributed by atoms with Crippen LogP contribution in [-0.4, -0.2) is 32.8 Å². The van der Waals surface area contributed by atoms with E-state index in [1.54, 1.807) is 35.8 Å². The average Bonchev–Trinajstić information content (AvgIpc) is 3.40. The van der Waals surface area contributed by atoms with Crippen molar-refractivity contribution in [2.75, 3.05) is 11.9 Å². The highest BCUT2D eigenvalue weighted by Crippen LogP contribution is 2.30. The van der Waals surface area contributed by atoms with Crippen molar-refractivity contribution in [3.8, 4) is 0 Å². The van der Waals surface area contributed by atoms with E-state index in [1.807, 2.05) is 18.2 Å². The van der Waals surface area contributed by atoms with Crippen LogP contribution in [0.3, 0.4) is 0 Å². The fraction of sp³-hybridized carbons (Fsp3) is 0.308. The van der Waals surface area contributed by atoms with Gasteiger partial charge >= 0.3 is 0 Å². The number of nitrogens with zero attached hydrogens (tertiary/aromatic N) is 3. The smallest absolute Gasteiger partial charge is 0.265 e. The van der Waals surface area contributed by atoms with Gasteiger partial charge in [-0.3, -0.25) is 19.0 Å². The summed E-state index contributed by atoms with van der Waals surface area (Å²) < 4.78 is 7.21. The van der Waals surface area contributed by atoms with Crippen LogP contribution in [-0.2, 0) is 24.3 Å². The Morgan fingerprint density at radius 3 is 2.74 bits per heavy atom. The fourth-order valence-corrected chi connectivity index (χ4v) is 5.60. The largest absolute Gasteiger partial charge is 0.467 e. The van der Waals surface area contributed by atoms with Gasteiger partial charge in [-0.25, -0.2) is 4.98 Å². The molecule has 1 aliphatic rings. The number of anilines is 1. The van der Waals surface area contributed by atoms with Crippen LogP contribution in [0.2, 0.25) is 0 Å². The lowest BCUT2D eigenvalue weighted by molar-refractivity contribution is -0.117. The molecule has 0 saturated heterocycles. The second-order valence-corrected chi connectivity index (χ2v) is 9.69. The molecule has 1 aromatic carbocycles. The number of carbonyl (C=O) groups is 2. The molecule has 3 aromatic heterocycles. The van der Waals surface area contributed by atoms with Crippen molar-refractivity contribution in [2.24, 2.45) is 0 Å². The Morgan fingerprint density at radius 1 is 1.14 bits per heavy atom. The highest BCUT2D eigenvalue weighted by atomic mass is 32.1. The van der Waals surface area contributed by atoms with Crippen LogP contribution in [0.25, 0.3) is 10.2 Å². The molecular formula is C26H26N4O4S. The minimum absolute atomic E-state index is 0.0842. The van der Waals surface area contributed by atoms with E-state index in [2.05, 4.69) is 5.32 Å². The Balaban J connectivity index is 1.48. The highest BCUT2D eigenvalue weighted by Gasteiger charge is 2.27. The third-order valence-electron chi connectivity index (χ3n) is 6.21. The van der Waals surface area contributed by atoms with Gasteiger partial charge in [0.1, 0.15) is 23.0 Å². The van der Waals surface area contributed by atoms with Crippen LogP contribution in [0, 0.1) is 6.92 Å². The zero-order valence-corrected chi connectivity index (χ0v) is 20.3. The average molecular weight is 491 g/mol. The Morgan fingerprint density at radius 2 is 1.97 bits per heavy atom. The third-order valence-corrected chi connectivity index (χ3v) is 7.39. The topological polar surface area (TPSA) is 97.4 Å². The predicted octanol–water partition coefficient (Wildman–Crippen LogP) is 4.37. The Kier molecular flexibility index (Phi) is 6.50. The van der Waals surface area contributed by atoms with Crippen LogP contribution in [0.15, 0.2) is 57.9 Å². The summed E-state index contributed by atoms with van der Waals surface area (Å²) in [6.45, 7) is 2.41. The number of amides is 2. The summed E-state index contributed by atoms with van der Waals surface area (Å²) in [4.78, 5) is 47.0. The molecule has 0 bridgehead atoms. The number of thiophene rings is 1. The van der Waals surface area contributed by atoms with Gasteiger partial charge in [-0.05, 0) is 49.6 Å². The maximum absolute atomic E-state index is 13.7. The van der Waals surface area contributed by atoms with E-state index in [9.17, 15) is 14.4 Å². The van der Waals surface area contributed by atoms with Crippen LogP contribution in [0.5, 0.6) is 0 Å². The maximum atomic E-state index is 13.7. The van der Waals surface area contributed by atoms with E-state index in [4.69, 9.17) is 9.40 Å². The summed E-state index contributed by atoms with van der Waals surface area (Å²) >= 11 is 1.22. The van der Waals surface area contributed by atoms with E-state index in [1.165, 1.54) is 22.5 Å². The molecule has 0 radical (unpaired) electrons. The van der Waals surface area contributed by atoms with E-state index in [0.29, 0.717) is 38.6 Å². The van der Waals surface area contributed by atoms with Crippen molar-refractivity contribution in [1.29, 1.82) is 0 Å². The van der Waals surface area contributed by atoms with Gasteiger partial charge in [0, 0.05) is 18.7 Å². The Bertz CT molecular complexity index is 1420. The Hall–Kier alpha value is -3.72. The highest BCUT2D eigenvalue weighted by molar-refractivity contribution is 7.20. The monoisotopic (exact) mass is 490 g/mol. The van der Waals surface area contributed by atoms with Crippen LogP contribution in [0.4, 0.5) is 5.69 Å². The van der Waals surface area contributed by atoms with Crippen molar-refractivity contribution < 1.29 is 14.0 Å². The van der Waals surface area contributed by atoms with Gasteiger partial charge in [0.15, 0.2) is 0 Å². The van der Waals surface area contributed by atoms with Crippen LogP contribution in [0.1, 0.15) is 46.1 Å². The molecule has 0 unspecified atom stereocenters. The summed E-state index contributed by atoms with van der Waals surface area (Å²) in [6, 6.07) is 12.6. The number of fused-ring (bicyclic) bond motifs is 2. The minimum Gasteiger partial charge on any atom is -0.467 e. The van der Waals surface area contributed by atoms with Crippen molar-refractivity contribution >= 4 is 39.1 Å². The zero-order chi connectivity index (χ0) is 24.4. The number of hydrogen-bond donors (Lipinski definition) is 1. The van der Waals surface area contributed by atoms with Crippen LogP contribution < -0.4 is 10.9 Å². The predicted molar refractivity (Wildman–Crippen MR) is 135 cm³/mol. The van der Waals surface area contributed by atoms with Gasteiger partial charge < -0.3 is 14.6 Å². The molecular weight excluding hydrogens is 464 g/mol. The molecule has 1 N–H and O–H groups in total. The quantitative estimate of drug-likeness (QED) is 0.433. The first kappa shape index (κ1) is 23.0. The molecule has 2 amide bonds. The summed E-state index contributed by atoms with van der Waals surface area (Å²) in [5.74, 6) is 0.703. The normalized spacial score (nSPS) is 13.3. The molecule has 9 heteroatoms. The number of carbonyl (C=O) groups excluding carboxylic acids is 2. The molecule has 0 fully saturated rings. The number of furan rings is 1. The fourth-order valence-electron chi connectivity index (χ4n) is 4.44. The number of para-hydroxylation sites is 1. The lowest BCUT2D eigenvalue weighted by Crippen LogP contribution is -2.37. The molecule has 0 aliphatic carbocycles. The van der Waals surface area contributed by atoms with Crippen molar-refractivity contribution in [2.45, 2.75) is 45.7 Å². The Labute approximate surface area is 206 Å². The maximum Gasteiger partial charge on any atom is 0.265 e. The second-order valence-electron chi connectivity index (χ2n) is 8.69. The summed E-state index contributed by atoms with van der Waals surface area (Å²) in [5.41, 5.74) is 1.18. The lowest BCUT2D eigenvalue weighted by atomic mass is 10.2. The molecule has 0 saturated carbocycles. The number of aryl methyl sites for hydroxylation is 2. The number of rotatable bonds is 6. The standard InChI is InChI=1S/C26H26N4O4S/c1-17-22-24(28-20-12-6-3-7-13-30(20)25(22)32)35-23(17)26(33)29(15-19-11-8-14-34-19)16-21(31)27-18-9-4-2-5-10-18/h2,4-5,8-11,14H,3,6-7,12-13,15-16H2,1H3,(H,27,31). The first-order valence-corrected chi connectivity index (χ1v) is 12.5. The first-order chi connectivity index (χ1) is 17.0. The molecule has 4 heterocycles. The van der Waals surface area contributed by atoms with Gasteiger partial charge in [-0.15, -0.1) is 11.3 Å². The molecule has 5 rings (SSSR count). The van der Waals surface area contributed by atoms with E-state index in [-0.39, 0.29) is 30.5 Å². The van der Waals surface area contributed by atoms with Gasteiger partial charge in [-0.2, -0.15) is 0 Å². The molecule has 1 aliphatic heterocycles. The number of aromatic nitrogens is 2. The van der Waals surface area contributed by atoms with Gasteiger partial charge in [0.25, 0.3) is 11.5 Å². The van der Waals surface area contributed by atoms with Crippen molar-refractivity contribution in [3.63, 3.8) is 0 Å². The number of hydrogen-bond acceptors (Lipinski definition) is 6.